The third-order valence-electron chi connectivity index (χ3n) is 2.05. The fourth-order valence-electron chi connectivity index (χ4n) is 1.24. The predicted octanol–water partition coefficient (Wildman–Crippen LogP) is 2.04. The number of rotatable bonds is 3. The van der Waals surface area contributed by atoms with E-state index in [1.54, 1.807) is 0 Å². The lowest BCUT2D eigenvalue weighted by Crippen LogP contribution is -2.02. The Morgan fingerprint density at radius 2 is 2.11 bits per heavy atom. The smallest absolute Gasteiger partial charge is 0.349 e. The fourth-order valence-corrected chi connectivity index (χ4v) is 1.24. The molecule has 0 aliphatic rings. The zero-order chi connectivity index (χ0) is 14.0. The monoisotopic (exact) mass is 268 g/mol. The Kier molecular flexibility index (Phi) is 3.19. The first-order chi connectivity index (χ1) is 8.97. The molecule has 2 N–H and O–H groups in total. The largest absolute Gasteiger partial charge is 0.430 e. The molecule has 1 aromatic carbocycles. The number of nitro groups is 1. The van der Waals surface area contributed by atoms with Gasteiger partial charge in [0.1, 0.15) is 12.0 Å². The Morgan fingerprint density at radius 3 is 2.74 bits per heavy atom. The highest BCUT2D eigenvalue weighted by Gasteiger charge is 2.20. The van der Waals surface area contributed by atoms with E-state index < -0.39 is 33.9 Å². The standard InChI is InChI=1S/C10H6F2N4O3/c11-5-1-2-8(6(12)3-5)19-9-7(16(17)18)4-14-10(13)15-9/h1-4H,(H2,13,14,15). The maximum Gasteiger partial charge on any atom is 0.349 e. The van der Waals surface area contributed by atoms with Crippen molar-refractivity contribution in [2.24, 2.45) is 0 Å². The first-order valence-corrected chi connectivity index (χ1v) is 4.87. The molecule has 0 radical (unpaired) electrons. The number of anilines is 1. The van der Waals surface area contributed by atoms with Gasteiger partial charge in [0.2, 0.25) is 5.95 Å². The Bertz CT molecular complexity index is 651. The first-order valence-electron chi connectivity index (χ1n) is 4.87. The molecular formula is C10H6F2N4O3. The van der Waals surface area contributed by atoms with Crippen LogP contribution in [0.3, 0.4) is 0 Å². The van der Waals surface area contributed by atoms with Gasteiger partial charge >= 0.3 is 11.6 Å². The number of nitrogens with two attached hydrogens (primary N) is 1. The van der Waals surface area contributed by atoms with Crippen molar-refractivity contribution in [3.8, 4) is 11.6 Å². The third kappa shape index (κ3) is 2.70. The van der Waals surface area contributed by atoms with Crippen molar-refractivity contribution in [3.63, 3.8) is 0 Å². The Balaban J connectivity index is 2.42. The van der Waals surface area contributed by atoms with Crippen LogP contribution in [0.15, 0.2) is 24.4 Å². The number of halogens is 2. The van der Waals surface area contributed by atoms with E-state index in [1.807, 2.05) is 0 Å². The van der Waals surface area contributed by atoms with Gasteiger partial charge in [0.25, 0.3) is 0 Å². The third-order valence-corrected chi connectivity index (χ3v) is 2.05. The highest BCUT2D eigenvalue weighted by Crippen LogP contribution is 2.30. The van der Waals surface area contributed by atoms with E-state index in [2.05, 4.69) is 9.97 Å². The molecule has 0 amide bonds. The number of aromatic nitrogens is 2. The minimum Gasteiger partial charge on any atom is -0.430 e. The topological polar surface area (TPSA) is 104 Å². The van der Waals surface area contributed by atoms with Crippen LogP contribution in [0.2, 0.25) is 0 Å². The minimum absolute atomic E-state index is 0.275. The van der Waals surface area contributed by atoms with Gasteiger partial charge in [-0.1, -0.05) is 0 Å². The maximum absolute atomic E-state index is 13.4. The molecule has 1 heterocycles. The highest BCUT2D eigenvalue weighted by atomic mass is 19.1. The van der Waals surface area contributed by atoms with Crippen molar-refractivity contribution in [2.45, 2.75) is 0 Å². The van der Waals surface area contributed by atoms with E-state index in [-0.39, 0.29) is 5.95 Å². The predicted molar refractivity (Wildman–Crippen MR) is 59.5 cm³/mol. The van der Waals surface area contributed by atoms with Crippen molar-refractivity contribution in [3.05, 3.63) is 46.1 Å². The lowest BCUT2D eigenvalue weighted by molar-refractivity contribution is -0.386. The van der Waals surface area contributed by atoms with Gasteiger partial charge in [0.15, 0.2) is 11.6 Å². The summed E-state index contributed by atoms with van der Waals surface area (Å²) < 4.78 is 31.0. The summed E-state index contributed by atoms with van der Waals surface area (Å²) in [5.41, 5.74) is 4.68. The average Bonchev–Trinajstić information content (AvgIpc) is 2.32. The summed E-state index contributed by atoms with van der Waals surface area (Å²) in [6.45, 7) is 0. The number of nitrogen functional groups attached to an aromatic ring is 1. The highest BCUT2D eigenvalue weighted by molar-refractivity contribution is 5.44. The van der Waals surface area contributed by atoms with Gasteiger partial charge in [-0.3, -0.25) is 10.1 Å². The summed E-state index contributed by atoms with van der Waals surface area (Å²) in [7, 11) is 0. The molecule has 2 aromatic rings. The van der Waals surface area contributed by atoms with Crippen molar-refractivity contribution in [2.75, 3.05) is 5.73 Å². The number of hydrogen-bond acceptors (Lipinski definition) is 6. The van der Waals surface area contributed by atoms with Crippen LogP contribution in [0.5, 0.6) is 11.6 Å². The maximum atomic E-state index is 13.4. The summed E-state index contributed by atoms with van der Waals surface area (Å²) in [6.07, 6.45) is 0.832. The summed E-state index contributed by atoms with van der Waals surface area (Å²) in [5.74, 6) is -3.04. The molecule has 7 nitrogen and oxygen atoms in total. The zero-order valence-electron chi connectivity index (χ0n) is 9.21. The van der Waals surface area contributed by atoms with E-state index >= 15 is 0 Å². The second-order valence-electron chi connectivity index (χ2n) is 3.35. The summed E-state index contributed by atoms with van der Waals surface area (Å²) >= 11 is 0. The van der Waals surface area contributed by atoms with Gasteiger partial charge in [0, 0.05) is 6.07 Å². The van der Waals surface area contributed by atoms with Crippen LogP contribution in [0.4, 0.5) is 20.4 Å². The molecule has 2 rings (SSSR count). The van der Waals surface area contributed by atoms with E-state index in [9.17, 15) is 18.9 Å². The molecule has 0 aliphatic heterocycles. The zero-order valence-corrected chi connectivity index (χ0v) is 9.21. The summed E-state index contributed by atoms with van der Waals surface area (Å²) in [6, 6.07) is 2.49. The van der Waals surface area contributed by atoms with Crippen molar-refractivity contribution in [1.82, 2.24) is 9.97 Å². The number of ether oxygens (including phenoxy) is 1. The second-order valence-corrected chi connectivity index (χ2v) is 3.35. The average molecular weight is 268 g/mol. The van der Waals surface area contributed by atoms with Crippen LogP contribution in [0, 0.1) is 21.7 Å². The molecule has 0 bridgehead atoms. The molecule has 0 atom stereocenters. The molecule has 0 saturated carbocycles. The van der Waals surface area contributed by atoms with E-state index in [4.69, 9.17) is 10.5 Å². The van der Waals surface area contributed by atoms with E-state index in [1.165, 1.54) is 0 Å². The molecule has 1 aromatic heterocycles. The van der Waals surface area contributed by atoms with Gasteiger partial charge in [-0.2, -0.15) is 4.98 Å². The van der Waals surface area contributed by atoms with E-state index in [0.29, 0.717) is 6.07 Å². The molecule has 0 unspecified atom stereocenters. The number of benzene rings is 1. The van der Waals surface area contributed by atoms with Crippen molar-refractivity contribution in [1.29, 1.82) is 0 Å². The molecule has 98 valence electrons. The molecule has 19 heavy (non-hydrogen) atoms. The summed E-state index contributed by atoms with van der Waals surface area (Å²) in [4.78, 5) is 16.8. The van der Waals surface area contributed by atoms with Gasteiger partial charge in [-0.25, -0.2) is 13.8 Å². The lowest BCUT2D eigenvalue weighted by atomic mass is 10.3. The molecule has 9 heteroatoms. The molecule has 0 fully saturated rings. The molecular weight excluding hydrogens is 262 g/mol. The van der Waals surface area contributed by atoms with E-state index in [0.717, 1.165) is 18.3 Å². The fraction of sp³-hybridized carbons (Fsp3) is 0. The Hall–Kier alpha value is -2.84. The number of nitrogens with zero attached hydrogens (tertiary/aromatic N) is 3. The number of hydrogen-bond donors (Lipinski definition) is 1. The molecule has 0 saturated heterocycles. The minimum atomic E-state index is -1.02. The molecule has 0 spiro atoms. The van der Waals surface area contributed by atoms with Crippen LogP contribution in [-0.2, 0) is 0 Å². The van der Waals surface area contributed by atoms with Gasteiger partial charge in [0.05, 0.1) is 4.92 Å². The van der Waals surface area contributed by atoms with Crippen molar-refractivity contribution >= 4 is 11.6 Å². The Morgan fingerprint density at radius 1 is 1.37 bits per heavy atom. The van der Waals surface area contributed by atoms with Crippen molar-refractivity contribution < 1.29 is 18.4 Å². The van der Waals surface area contributed by atoms with Crippen LogP contribution in [-0.4, -0.2) is 14.9 Å². The van der Waals surface area contributed by atoms with Crippen LogP contribution in [0.1, 0.15) is 0 Å². The second kappa shape index (κ2) is 4.80. The molecule has 0 aliphatic carbocycles. The van der Waals surface area contributed by atoms with Gasteiger partial charge < -0.3 is 10.5 Å². The summed E-state index contributed by atoms with van der Waals surface area (Å²) in [5, 5.41) is 10.7. The van der Waals surface area contributed by atoms with Crippen LogP contribution < -0.4 is 10.5 Å². The van der Waals surface area contributed by atoms with Crippen LogP contribution in [0.25, 0.3) is 0 Å². The van der Waals surface area contributed by atoms with Gasteiger partial charge in [-0.05, 0) is 12.1 Å². The lowest BCUT2D eigenvalue weighted by Gasteiger charge is -2.06. The Labute approximate surface area is 104 Å². The van der Waals surface area contributed by atoms with Crippen LogP contribution >= 0.6 is 0 Å². The normalized spacial score (nSPS) is 10.2. The first kappa shape index (κ1) is 12.6. The SMILES string of the molecule is Nc1ncc([N+](=O)[O-])c(Oc2ccc(F)cc2F)n1. The van der Waals surface area contributed by atoms with Gasteiger partial charge in [-0.15, -0.1) is 0 Å². The quantitative estimate of drug-likeness (QED) is 0.674.